The molecule has 1 aromatic carbocycles. The van der Waals surface area contributed by atoms with E-state index in [1.807, 2.05) is 13.0 Å². The van der Waals surface area contributed by atoms with Gasteiger partial charge in [0.25, 0.3) is 0 Å². The first kappa shape index (κ1) is 17.2. The molecular formula is C20H25FN4O. The number of rotatable bonds is 4. The molecule has 0 bridgehead atoms. The van der Waals surface area contributed by atoms with Gasteiger partial charge in [-0.15, -0.1) is 0 Å². The van der Waals surface area contributed by atoms with Crippen molar-refractivity contribution in [1.82, 2.24) is 20.2 Å². The average molecular weight is 356 g/mol. The maximum absolute atomic E-state index is 14.4. The van der Waals surface area contributed by atoms with E-state index < -0.39 is 0 Å². The van der Waals surface area contributed by atoms with E-state index in [9.17, 15) is 9.18 Å². The minimum atomic E-state index is -0.317. The maximum Gasteiger partial charge on any atom is 0.237 e. The number of aryl methyl sites for hydroxylation is 1. The van der Waals surface area contributed by atoms with E-state index in [0.29, 0.717) is 24.2 Å². The van der Waals surface area contributed by atoms with E-state index in [0.717, 1.165) is 17.8 Å². The van der Waals surface area contributed by atoms with Crippen LogP contribution in [0.2, 0.25) is 0 Å². The number of nitrogens with zero attached hydrogens (tertiary/aromatic N) is 2. The van der Waals surface area contributed by atoms with Crippen molar-refractivity contribution in [3.63, 3.8) is 0 Å². The van der Waals surface area contributed by atoms with Crippen LogP contribution in [0.5, 0.6) is 0 Å². The first-order chi connectivity index (χ1) is 12.6. The molecule has 0 radical (unpaired) electrons. The molecule has 5 nitrogen and oxygen atoms in total. The highest BCUT2D eigenvalue weighted by Crippen LogP contribution is 2.33. The van der Waals surface area contributed by atoms with Gasteiger partial charge in [0.1, 0.15) is 11.6 Å². The number of fused-ring (bicyclic) bond motifs is 1. The van der Waals surface area contributed by atoms with Crippen molar-refractivity contribution in [3.8, 4) is 5.69 Å². The average Bonchev–Trinajstić information content (AvgIpc) is 3.26. The SMILES string of the molecule is Cc1nccn1-c1ccc(CNC(=O)C2CC3CCCCC3N2)cc1F. The molecule has 3 unspecified atom stereocenters. The molecule has 1 aliphatic carbocycles. The van der Waals surface area contributed by atoms with Crippen molar-refractivity contribution < 1.29 is 9.18 Å². The minimum Gasteiger partial charge on any atom is -0.351 e. The second-order valence-corrected chi connectivity index (χ2v) is 7.45. The van der Waals surface area contributed by atoms with Crippen molar-refractivity contribution in [2.75, 3.05) is 0 Å². The van der Waals surface area contributed by atoms with Crippen LogP contribution in [-0.4, -0.2) is 27.5 Å². The van der Waals surface area contributed by atoms with Crippen LogP contribution in [0, 0.1) is 18.7 Å². The summed E-state index contributed by atoms with van der Waals surface area (Å²) < 4.78 is 16.2. The van der Waals surface area contributed by atoms with Crippen LogP contribution in [0.4, 0.5) is 4.39 Å². The molecule has 2 fully saturated rings. The van der Waals surface area contributed by atoms with E-state index >= 15 is 0 Å². The van der Waals surface area contributed by atoms with Gasteiger partial charge in [0.05, 0.1) is 11.7 Å². The molecule has 138 valence electrons. The van der Waals surface area contributed by atoms with Crippen LogP contribution in [0.1, 0.15) is 43.5 Å². The number of amides is 1. The smallest absolute Gasteiger partial charge is 0.237 e. The van der Waals surface area contributed by atoms with Crippen molar-refractivity contribution in [3.05, 3.63) is 47.8 Å². The Morgan fingerprint density at radius 2 is 2.23 bits per heavy atom. The number of carbonyl (C=O) groups is 1. The highest BCUT2D eigenvalue weighted by molar-refractivity contribution is 5.82. The zero-order chi connectivity index (χ0) is 18.1. The molecule has 2 aliphatic rings. The van der Waals surface area contributed by atoms with E-state index in [1.165, 1.54) is 31.7 Å². The number of halogens is 1. The second kappa shape index (κ2) is 7.19. The number of nitrogens with one attached hydrogen (secondary N) is 2. The third-order valence-electron chi connectivity index (χ3n) is 5.74. The Morgan fingerprint density at radius 3 is 2.96 bits per heavy atom. The fourth-order valence-electron chi connectivity index (χ4n) is 4.32. The molecule has 26 heavy (non-hydrogen) atoms. The molecule has 2 N–H and O–H groups in total. The normalized spacial score (nSPS) is 25.1. The van der Waals surface area contributed by atoms with E-state index in [1.54, 1.807) is 23.0 Å². The number of carbonyl (C=O) groups excluding carboxylic acids is 1. The molecular weight excluding hydrogens is 331 g/mol. The Balaban J connectivity index is 1.37. The Morgan fingerprint density at radius 1 is 1.38 bits per heavy atom. The third-order valence-corrected chi connectivity index (χ3v) is 5.74. The van der Waals surface area contributed by atoms with Gasteiger partial charge in [-0.3, -0.25) is 4.79 Å². The Labute approximate surface area is 153 Å². The lowest BCUT2D eigenvalue weighted by atomic mass is 9.85. The highest BCUT2D eigenvalue weighted by atomic mass is 19.1. The number of benzene rings is 1. The van der Waals surface area contributed by atoms with E-state index in [2.05, 4.69) is 15.6 Å². The van der Waals surface area contributed by atoms with Crippen LogP contribution < -0.4 is 10.6 Å². The monoisotopic (exact) mass is 356 g/mol. The zero-order valence-corrected chi connectivity index (χ0v) is 15.0. The highest BCUT2D eigenvalue weighted by Gasteiger charge is 2.37. The summed E-state index contributed by atoms with van der Waals surface area (Å²) in [5.74, 6) is 1.07. The fourth-order valence-corrected chi connectivity index (χ4v) is 4.32. The van der Waals surface area contributed by atoms with Gasteiger partial charge in [-0.05, 0) is 49.8 Å². The van der Waals surface area contributed by atoms with Crippen molar-refractivity contribution in [2.24, 2.45) is 5.92 Å². The zero-order valence-electron chi connectivity index (χ0n) is 15.0. The summed E-state index contributed by atoms with van der Waals surface area (Å²) in [6.07, 6.45) is 9.24. The van der Waals surface area contributed by atoms with Gasteiger partial charge in [-0.25, -0.2) is 9.37 Å². The topological polar surface area (TPSA) is 59.0 Å². The van der Waals surface area contributed by atoms with Crippen LogP contribution in [0.15, 0.2) is 30.6 Å². The van der Waals surface area contributed by atoms with Gasteiger partial charge in [0, 0.05) is 25.0 Å². The Hall–Kier alpha value is -2.21. The van der Waals surface area contributed by atoms with Gasteiger partial charge in [-0.1, -0.05) is 18.9 Å². The molecule has 1 saturated heterocycles. The van der Waals surface area contributed by atoms with Crippen molar-refractivity contribution in [2.45, 2.75) is 57.7 Å². The lowest BCUT2D eigenvalue weighted by Crippen LogP contribution is -2.42. The Bertz CT molecular complexity index is 789. The van der Waals surface area contributed by atoms with Gasteiger partial charge in [-0.2, -0.15) is 0 Å². The first-order valence-corrected chi connectivity index (χ1v) is 9.44. The number of hydrogen-bond donors (Lipinski definition) is 2. The largest absolute Gasteiger partial charge is 0.351 e. The maximum atomic E-state index is 14.4. The second-order valence-electron chi connectivity index (χ2n) is 7.45. The van der Waals surface area contributed by atoms with Crippen LogP contribution in [-0.2, 0) is 11.3 Å². The van der Waals surface area contributed by atoms with Crippen LogP contribution in [0.25, 0.3) is 5.69 Å². The van der Waals surface area contributed by atoms with E-state index in [-0.39, 0.29) is 17.8 Å². The van der Waals surface area contributed by atoms with Crippen molar-refractivity contribution >= 4 is 5.91 Å². The number of imidazole rings is 1. The summed E-state index contributed by atoms with van der Waals surface area (Å²) >= 11 is 0. The molecule has 3 atom stereocenters. The summed E-state index contributed by atoms with van der Waals surface area (Å²) in [5.41, 5.74) is 1.23. The fraction of sp³-hybridized carbons (Fsp3) is 0.500. The standard InChI is InChI=1S/C20H25FN4O/c1-13-22-8-9-25(13)19-7-6-14(10-16(19)21)12-23-20(26)18-11-15-4-2-3-5-17(15)24-18/h6-10,15,17-18,24H,2-5,11-12H2,1H3,(H,23,26). The molecule has 1 aromatic heterocycles. The van der Waals surface area contributed by atoms with Crippen LogP contribution in [0.3, 0.4) is 0 Å². The number of hydrogen-bond acceptors (Lipinski definition) is 3. The predicted molar refractivity (Wildman–Crippen MR) is 97.4 cm³/mol. The van der Waals surface area contributed by atoms with Crippen LogP contribution >= 0.6 is 0 Å². The molecule has 1 aliphatic heterocycles. The Kier molecular flexibility index (Phi) is 4.76. The van der Waals surface area contributed by atoms with Crippen molar-refractivity contribution in [1.29, 1.82) is 0 Å². The number of aromatic nitrogens is 2. The van der Waals surface area contributed by atoms with Gasteiger partial charge in [0.2, 0.25) is 5.91 Å². The summed E-state index contributed by atoms with van der Waals surface area (Å²) in [7, 11) is 0. The molecule has 2 heterocycles. The van der Waals surface area contributed by atoms with Gasteiger partial charge >= 0.3 is 0 Å². The summed E-state index contributed by atoms with van der Waals surface area (Å²) in [6.45, 7) is 2.17. The summed E-state index contributed by atoms with van der Waals surface area (Å²) in [5, 5.41) is 6.43. The summed E-state index contributed by atoms with van der Waals surface area (Å²) in [6, 6.07) is 5.44. The van der Waals surface area contributed by atoms with E-state index in [4.69, 9.17) is 0 Å². The van der Waals surface area contributed by atoms with Gasteiger partial charge in [0.15, 0.2) is 0 Å². The minimum absolute atomic E-state index is 0.0225. The molecule has 2 aromatic rings. The molecule has 1 saturated carbocycles. The molecule has 6 heteroatoms. The van der Waals surface area contributed by atoms with Gasteiger partial charge < -0.3 is 15.2 Å². The third kappa shape index (κ3) is 3.38. The first-order valence-electron chi connectivity index (χ1n) is 9.44. The summed E-state index contributed by atoms with van der Waals surface area (Å²) in [4.78, 5) is 16.6. The molecule has 0 spiro atoms. The molecule has 4 rings (SSSR count). The quantitative estimate of drug-likeness (QED) is 0.886. The lowest BCUT2D eigenvalue weighted by Gasteiger charge is -2.24. The molecule has 1 amide bonds. The predicted octanol–water partition coefficient (Wildman–Crippen LogP) is 2.86. The lowest BCUT2D eigenvalue weighted by molar-refractivity contribution is -0.123.